The van der Waals surface area contributed by atoms with Gasteiger partial charge in [-0.05, 0) is 57.5 Å². The van der Waals surface area contributed by atoms with Gasteiger partial charge in [0.2, 0.25) is 0 Å². The maximum absolute atomic E-state index is 6.38. The molecule has 4 atom stereocenters. The normalized spacial score (nSPS) is 42.7. The predicted molar refractivity (Wildman–Crippen MR) is 89.4 cm³/mol. The summed E-state index contributed by atoms with van der Waals surface area (Å²) in [7, 11) is 2.33. The standard InChI is InChI=1S/C18H35N3/c1-3-16-8-4-5-10-18(16,14-19)21-12-9-17-15(13-21)7-6-11-20(17)2/h15-17H,3-14,19H2,1-2H3. The fourth-order valence-corrected chi connectivity index (χ4v) is 5.75. The number of nitrogens with zero attached hydrogens (tertiary/aromatic N) is 2. The third kappa shape index (κ3) is 2.77. The van der Waals surface area contributed by atoms with Crippen molar-refractivity contribution in [2.24, 2.45) is 17.6 Å². The molecule has 0 bridgehead atoms. The molecule has 0 amide bonds. The van der Waals surface area contributed by atoms with E-state index in [1.54, 1.807) is 0 Å². The summed E-state index contributed by atoms with van der Waals surface area (Å²) in [5.41, 5.74) is 6.71. The smallest absolute Gasteiger partial charge is 0.0359 e. The molecule has 4 unspecified atom stereocenters. The number of nitrogens with two attached hydrogens (primary N) is 1. The van der Waals surface area contributed by atoms with Crippen LogP contribution in [0.3, 0.4) is 0 Å². The summed E-state index contributed by atoms with van der Waals surface area (Å²) < 4.78 is 0. The number of hydrogen-bond donors (Lipinski definition) is 1. The number of fused-ring (bicyclic) bond motifs is 1. The lowest BCUT2D eigenvalue weighted by Gasteiger charge is -2.56. The Bertz CT molecular complexity index is 345. The highest BCUT2D eigenvalue weighted by atomic mass is 15.3. The van der Waals surface area contributed by atoms with E-state index in [1.807, 2.05) is 0 Å². The average molecular weight is 293 g/mol. The summed E-state index contributed by atoms with van der Waals surface area (Å²) in [5.74, 6) is 1.72. The van der Waals surface area contributed by atoms with Crippen LogP contribution >= 0.6 is 0 Å². The number of rotatable bonds is 3. The molecule has 3 fully saturated rings. The van der Waals surface area contributed by atoms with Crippen molar-refractivity contribution in [2.45, 2.75) is 69.9 Å². The van der Waals surface area contributed by atoms with Crippen molar-refractivity contribution in [3.8, 4) is 0 Å². The van der Waals surface area contributed by atoms with Crippen LogP contribution in [0.4, 0.5) is 0 Å². The van der Waals surface area contributed by atoms with Gasteiger partial charge in [0.15, 0.2) is 0 Å². The minimum absolute atomic E-state index is 0.327. The molecule has 0 aromatic carbocycles. The summed E-state index contributed by atoms with van der Waals surface area (Å²) >= 11 is 0. The lowest BCUT2D eigenvalue weighted by molar-refractivity contribution is -0.0548. The lowest BCUT2D eigenvalue weighted by atomic mass is 9.68. The molecular weight excluding hydrogens is 258 g/mol. The van der Waals surface area contributed by atoms with Gasteiger partial charge >= 0.3 is 0 Å². The Morgan fingerprint density at radius 2 is 1.95 bits per heavy atom. The van der Waals surface area contributed by atoms with Crippen LogP contribution in [0, 0.1) is 11.8 Å². The monoisotopic (exact) mass is 293 g/mol. The molecule has 2 saturated heterocycles. The third-order valence-corrected chi connectivity index (χ3v) is 6.99. The first-order valence-electron chi connectivity index (χ1n) is 9.36. The van der Waals surface area contributed by atoms with Crippen molar-refractivity contribution in [3.63, 3.8) is 0 Å². The maximum atomic E-state index is 6.38. The third-order valence-electron chi connectivity index (χ3n) is 6.99. The number of hydrogen-bond acceptors (Lipinski definition) is 3. The summed E-state index contributed by atoms with van der Waals surface area (Å²) in [6, 6.07) is 0.841. The van der Waals surface area contributed by atoms with Crippen LogP contribution in [-0.2, 0) is 0 Å². The van der Waals surface area contributed by atoms with E-state index in [0.29, 0.717) is 5.54 Å². The minimum Gasteiger partial charge on any atom is -0.329 e. The second kappa shape index (κ2) is 6.55. The molecule has 1 saturated carbocycles. The van der Waals surface area contributed by atoms with Crippen LogP contribution in [0.25, 0.3) is 0 Å². The van der Waals surface area contributed by atoms with Crippen molar-refractivity contribution in [2.75, 3.05) is 33.2 Å². The first-order valence-corrected chi connectivity index (χ1v) is 9.36. The van der Waals surface area contributed by atoms with E-state index in [0.717, 1.165) is 24.4 Å². The fraction of sp³-hybridized carbons (Fsp3) is 1.00. The van der Waals surface area contributed by atoms with E-state index in [4.69, 9.17) is 5.73 Å². The highest BCUT2D eigenvalue weighted by Gasteiger charge is 2.46. The quantitative estimate of drug-likeness (QED) is 0.868. The summed E-state index contributed by atoms with van der Waals surface area (Å²) in [5, 5.41) is 0. The second-order valence-electron chi connectivity index (χ2n) is 7.84. The maximum Gasteiger partial charge on any atom is 0.0359 e. The fourth-order valence-electron chi connectivity index (χ4n) is 5.75. The number of piperidine rings is 2. The van der Waals surface area contributed by atoms with E-state index < -0.39 is 0 Å². The molecule has 0 radical (unpaired) electrons. The van der Waals surface area contributed by atoms with Gasteiger partial charge < -0.3 is 10.6 Å². The van der Waals surface area contributed by atoms with Crippen molar-refractivity contribution < 1.29 is 0 Å². The highest BCUT2D eigenvalue weighted by Crippen LogP contribution is 2.43. The van der Waals surface area contributed by atoms with Gasteiger partial charge in [-0.3, -0.25) is 4.90 Å². The van der Waals surface area contributed by atoms with Crippen molar-refractivity contribution >= 4 is 0 Å². The Labute approximate surface area is 131 Å². The molecule has 3 heteroatoms. The molecule has 3 aliphatic rings. The average Bonchev–Trinajstić information content (AvgIpc) is 2.54. The highest BCUT2D eigenvalue weighted by molar-refractivity contribution is 5.03. The molecule has 2 heterocycles. The van der Waals surface area contributed by atoms with Gasteiger partial charge in [-0.25, -0.2) is 0 Å². The Morgan fingerprint density at radius 3 is 2.71 bits per heavy atom. The first-order chi connectivity index (χ1) is 10.2. The van der Waals surface area contributed by atoms with Crippen LogP contribution < -0.4 is 5.73 Å². The van der Waals surface area contributed by atoms with E-state index in [2.05, 4.69) is 23.8 Å². The number of likely N-dealkylation sites (tertiary alicyclic amines) is 2. The molecule has 122 valence electrons. The second-order valence-corrected chi connectivity index (χ2v) is 7.84. The Hall–Kier alpha value is -0.120. The summed E-state index contributed by atoms with van der Waals surface area (Å²) in [4.78, 5) is 5.47. The van der Waals surface area contributed by atoms with Gasteiger partial charge in [-0.2, -0.15) is 0 Å². The zero-order valence-corrected chi connectivity index (χ0v) is 14.2. The van der Waals surface area contributed by atoms with Crippen LogP contribution in [-0.4, -0.2) is 54.6 Å². The van der Waals surface area contributed by atoms with Gasteiger partial charge in [0.1, 0.15) is 0 Å². The Balaban J connectivity index is 1.75. The molecule has 0 aromatic heterocycles. The van der Waals surface area contributed by atoms with Crippen molar-refractivity contribution in [1.29, 1.82) is 0 Å². The lowest BCUT2D eigenvalue weighted by Crippen LogP contribution is -2.65. The Morgan fingerprint density at radius 1 is 1.10 bits per heavy atom. The molecule has 3 nitrogen and oxygen atoms in total. The van der Waals surface area contributed by atoms with Crippen LogP contribution in [0.2, 0.25) is 0 Å². The van der Waals surface area contributed by atoms with Crippen LogP contribution in [0.5, 0.6) is 0 Å². The van der Waals surface area contributed by atoms with E-state index in [1.165, 1.54) is 71.0 Å². The van der Waals surface area contributed by atoms with Gasteiger partial charge in [-0.15, -0.1) is 0 Å². The zero-order valence-electron chi connectivity index (χ0n) is 14.2. The van der Waals surface area contributed by atoms with E-state index in [-0.39, 0.29) is 0 Å². The van der Waals surface area contributed by atoms with Gasteiger partial charge in [0.25, 0.3) is 0 Å². The van der Waals surface area contributed by atoms with Gasteiger partial charge in [0.05, 0.1) is 0 Å². The zero-order chi connectivity index (χ0) is 14.9. The molecule has 3 rings (SSSR count). The molecule has 21 heavy (non-hydrogen) atoms. The predicted octanol–water partition coefficient (Wildman–Crippen LogP) is 2.70. The van der Waals surface area contributed by atoms with E-state index >= 15 is 0 Å². The van der Waals surface area contributed by atoms with Crippen molar-refractivity contribution in [1.82, 2.24) is 9.80 Å². The van der Waals surface area contributed by atoms with Crippen LogP contribution in [0.15, 0.2) is 0 Å². The molecule has 0 aromatic rings. The molecule has 2 aliphatic heterocycles. The summed E-state index contributed by atoms with van der Waals surface area (Å²) in [6.45, 7) is 7.14. The van der Waals surface area contributed by atoms with Crippen molar-refractivity contribution in [3.05, 3.63) is 0 Å². The van der Waals surface area contributed by atoms with Crippen LogP contribution in [0.1, 0.15) is 58.3 Å². The van der Waals surface area contributed by atoms with Gasteiger partial charge in [-0.1, -0.05) is 26.2 Å². The molecule has 2 N–H and O–H groups in total. The minimum atomic E-state index is 0.327. The van der Waals surface area contributed by atoms with E-state index in [9.17, 15) is 0 Å². The Kier molecular flexibility index (Phi) is 4.92. The van der Waals surface area contributed by atoms with Gasteiger partial charge in [0, 0.05) is 31.2 Å². The molecule has 0 spiro atoms. The SMILES string of the molecule is CCC1CCCCC1(CN)N1CCC2C(CCCN2C)C1. The molecule has 1 aliphatic carbocycles. The topological polar surface area (TPSA) is 32.5 Å². The first kappa shape index (κ1) is 15.8. The molecular formula is C18H35N3. The largest absolute Gasteiger partial charge is 0.329 e. The summed E-state index contributed by atoms with van der Waals surface area (Å²) in [6.07, 6.45) is 11.0.